The van der Waals surface area contributed by atoms with E-state index in [1.807, 2.05) is 11.0 Å². The third-order valence-electron chi connectivity index (χ3n) is 8.55. The van der Waals surface area contributed by atoms with Crippen LogP contribution in [0.4, 0.5) is 11.4 Å². The van der Waals surface area contributed by atoms with E-state index in [1.54, 1.807) is 6.07 Å². The predicted molar refractivity (Wildman–Crippen MR) is 166 cm³/mol. The zero-order valence-electron chi connectivity index (χ0n) is 24.5. The molecule has 2 aliphatic heterocycles. The number of aryl methyl sites for hydroxylation is 1. The second kappa shape index (κ2) is 12.2. The van der Waals surface area contributed by atoms with Crippen LogP contribution in [-0.4, -0.2) is 66.5 Å². The number of nitrogens with one attached hydrogen (secondary N) is 1. The van der Waals surface area contributed by atoms with Gasteiger partial charge in [-0.1, -0.05) is 36.9 Å². The minimum absolute atomic E-state index is 0.0380. The number of piperazine rings is 1. The second-order valence-electron chi connectivity index (χ2n) is 11.3. The summed E-state index contributed by atoms with van der Waals surface area (Å²) in [7, 11) is 0. The number of rotatable bonds is 6. The summed E-state index contributed by atoms with van der Waals surface area (Å²) in [6.07, 6.45) is 4.02. The molecule has 3 N–H and O–H groups in total. The summed E-state index contributed by atoms with van der Waals surface area (Å²) in [6.45, 7) is 11.8. The zero-order valence-corrected chi connectivity index (χ0v) is 24.5. The number of carbonyl (C=O) groups is 2. The molecule has 9 heteroatoms. The van der Waals surface area contributed by atoms with Crippen molar-refractivity contribution in [1.82, 2.24) is 15.2 Å². The molecule has 1 saturated heterocycles. The van der Waals surface area contributed by atoms with Crippen LogP contribution < -0.4 is 20.9 Å². The van der Waals surface area contributed by atoms with Crippen LogP contribution >= 0.6 is 0 Å². The first-order valence-corrected chi connectivity index (χ1v) is 14.6. The van der Waals surface area contributed by atoms with E-state index in [2.05, 4.69) is 65.0 Å². The lowest BCUT2D eigenvalue weighted by Gasteiger charge is -2.39. The Balaban J connectivity index is 0.00000113. The number of benzene rings is 2. The average Bonchev–Trinajstić information content (AvgIpc) is 3.80. The minimum atomic E-state index is -0.294. The van der Waals surface area contributed by atoms with Crippen molar-refractivity contribution < 1.29 is 9.59 Å². The van der Waals surface area contributed by atoms with Gasteiger partial charge in [-0.05, 0) is 55.3 Å². The maximum Gasteiger partial charge on any atom is 0.270 e. The second-order valence-corrected chi connectivity index (χ2v) is 11.3. The third kappa shape index (κ3) is 5.81. The largest absolute Gasteiger partial charge is 0.368 e. The number of nitrogens with zero attached hydrogens (tertiary/aromatic N) is 5. The Morgan fingerprint density at radius 2 is 1.79 bits per heavy atom. The molecular weight excluding hydrogens is 526 g/mol. The van der Waals surface area contributed by atoms with Crippen LogP contribution in [0.25, 0.3) is 10.8 Å². The molecule has 3 heterocycles. The SMILES string of the molecule is C=CC(=O)N1CCN(c2cc(C(=O)NC3(CN)CC3)nc3c2CCN(c2cccc4cccc(C)c24)C3)CC1.CC#N. The van der Waals surface area contributed by atoms with Crippen LogP contribution in [-0.2, 0) is 17.8 Å². The quantitative estimate of drug-likeness (QED) is 0.438. The molecule has 1 saturated carbocycles. The highest BCUT2D eigenvalue weighted by molar-refractivity contribution is 5.97. The predicted octanol–water partition coefficient (Wildman–Crippen LogP) is 3.69. The highest BCUT2D eigenvalue weighted by Gasteiger charge is 2.43. The lowest BCUT2D eigenvalue weighted by Crippen LogP contribution is -2.49. The van der Waals surface area contributed by atoms with Gasteiger partial charge in [-0.3, -0.25) is 9.59 Å². The molecule has 42 heavy (non-hydrogen) atoms. The summed E-state index contributed by atoms with van der Waals surface area (Å²) >= 11 is 0. The molecule has 0 radical (unpaired) electrons. The number of pyridine rings is 1. The molecule has 3 aliphatic rings. The van der Waals surface area contributed by atoms with Gasteiger partial charge in [0.25, 0.3) is 5.91 Å². The Kier molecular flexibility index (Phi) is 8.46. The molecule has 0 unspecified atom stereocenters. The maximum absolute atomic E-state index is 13.4. The molecule has 1 aromatic heterocycles. The molecule has 0 atom stereocenters. The molecule has 2 fully saturated rings. The molecule has 9 nitrogen and oxygen atoms in total. The molecule has 0 bridgehead atoms. The number of amides is 2. The van der Waals surface area contributed by atoms with Crippen molar-refractivity contribution in [1.29, 1.82) is 5.26 Å². The number of hydrogen-bond donors (Lipinski definition) is 2. The van der Waals surface area contributed by atoms with Crippen molar-refractivity contribution in [3.05, 3.63) is 77.6 Å². The minimum Gasteiger partial charge on any atom is -0.368 e. The molecule has 2 aromatic carbocycles. The number of fused-ring (bicyclic) bond motifs is 2. The Hall–Kier alpha value is -4.42. The van der Waals surface area contributed by atoms with Crippen LogP contribution in [0.2, 0.25) is 0 Å². The number of nitrogens with two attached hydrogens (primary N) is 1. The van der Waals surface area contributed by atoms with Gasteiger partial charge >= 0.3 is 0 Å². The normalized spacial score (nSPS) is 17.0. The number of hydrogen-bond acceptors (Lipinski definition) is 7. The van der Waals surface area contributed by atoms with Gasteiger partial charge in [-0.2, -0.15) is 5.26 Å². The van der Waals surface area contributed by atoms with Crippen LogP contribution in [0.5, 0.6) is 0 Å². The molecule has 1 aliphatic carbocycles. The van der Waals surface area contributed by atoms with Gasteiger partial charge in [0.15, 0.2) is 0 Å². The first-order valence-electron chi connectivity index (χ1n) is 14.6. The van der Waals surface area contributed by atoms with E-state index in [-0.39, 0.29) is 17.4 Å². The summed E-state index contributed by atoms with van der Waals surface area (Å²) in [6, 6.07) is 16.6. The van der Waals surface area contributed by atoms with Crippen LogP contribution in [0.3, 0.4) is 0 Å². The Morgan fingerprint density at radius 3 is 2.43 bits per heavy atom. The van der Waals surface area contributed by atoms with Crippen LogP contribution in [0, 0.1) is 18.3 Å². The summed E-state index contributed by atoms with van der Waals surface area (Å²) in [5, 5.41) is 13.0. The van der Waals surface area contributed by atoms with E-state index < -0.39 is 0 Å². The summed E-state index contributed by atoms with van der Waals surface area (Å²) in [4.78, 5) is 37.0. The fraction of sp³-hybridized carbons (Fsp3) is 0.394. The van der Waals surface area contributed by atoms with Gasteiger partial charge in [-0.25, -0.2) is 4.98 Å². The zero-order chi connectivity index (χ0) is 29.9. The molecular formula is C33H39N7O2. The fourth-order valence-corrected chi connectivity index (χ4v) is 6.03. The van der Waals surface area contributed by atoms with Gasteiger partial charge in [0.1, 0.15) is 5.69 Å². The van der Waals surface area contributed by atoms with E-state index in [9.17, 15) is 9.59 Å². The Labute approximate surface area is 247 Å². The molecule has 2 amide bonds. The van der Waals surface area contributed by atoms with Crippen molar-refractivity contribution >= 4 is 34.0 Å². The smallest absolute Gasteiger partial charge is 0.270 e. The first kappa shape index (κ1) is 29.1. The Bertz CT molecular complexity index is 1540. The van der Waals surface area contributed by atoms with Crippen molar-refractivity contribution in [3.8, 4) is 6.07 Å². The van der Waals surface area contributed by atoms with Gasteiger partial charge in [0.05, 0.1) is 23.8 Å². The van der Waals surface area contributed by atoms with Crippen molar-refractivity contribution in [2.75, 3.05) is 49.1 Å². The van der Waals surface area contributed by atoms with Crippen LogP contribution in [0.15, 0.2) is 55.1 Å². The Morgan fingerprint density at radius 1 is 1.10 bits per heavy atom. The van der Waals surface area contributed by atoms with E-state index in [1.165, 1.54) is 40.6 Å². The van der Waals surface area contributed by atoms with E-state index >= 15 is 0 Å². The summed E-state index contributed by atoms with van der Waals surface area (Å²) in [5.74, 6) is -0.204. The fourth-order valence-electron chi connectivity index (χ4n) is 6.03. The number of carbonyl (C=O) groups excluding carboxylic acids is 2. The first-order chi connectivity index (χ1) is 20.3. The van der Waals surface area contributed by atoms with E-state index in [0.717, 1.165) is 37.2 Å². The van der Waals surface area contributed by atoms with E-state index in [0.29, 0.717) is 45.0 Å². The third-order valence-corrected chi connectivity index (χ3v) is 8.55. The van der Waals surface area contributed by atoms with E-state index in [4.69, 9.17) is 16.0 Å². The number of anilines is 2. The monoisotopic (exact) mass is 565 g/mol. The lowest BCUT2D eigenvalue weighted by molar-refractivity contribution is -0.126. The van der Waals surface area contributed by atoms with Crippen molar-refractivity contribution in [3.63, 3.8) is 0 Å². The maximum atomic E-state index is 13.4. The highest BCUT2D eigenvalue weighted by atomic mass is 16.2. The van der Waals surface area contributed by atoms with Gasteiger partial charge in [0, 0.05) is 68.5 Å². The summed E-state index contributed by atoms with van der Waals surface area (Å²) < 4.78 is 0. The molecule has 0 spiro atoms. The van der Waals surface area contributed by atoms with Crippen molar-refractivity contribution in [2.24, 2.45) is 5.73 Å². The molecule has 3 aromatic rings. The number of nitriles is 1. The highest BCUT2D eigenvalue weighted by Crippen LogP contribution is 2.37. The lowest BCUT2D eigenvalue weighted by atomic mass is 9.97. The number of aromatic nitrogens is 1. The molecule has 6 rings (SSSR count). The van der Waals surface area contributed by atoms with Gasteiger partial charge < -0.3 is 25.8 Å². The van der Waals surface area contributed by atoms with Crippen molar-refractivity contribution in [2.45, 2.75) is 45.2 Å². The molecule has 218 valence electrons. The standard InChI is InChI=1S/C31H36N6O2.C2H3N/c1-3-28(38)36-16-14-35(15-17-36)27-18-24(30(39)34-31(20-32)11-12-31)33-25-19-37(13-10-23(25)27)26-9-5-8-22-7-4-6-21(2)29(22)26;1-2-3/h3-9,18H,1,10-17,19-20,32H2,2H3,(H,34,39);1H3. The average molecular weight is 566 g/mol. The van der Waals surface area contributed by atoms with Crippen LogP contribution in [0.1, 0.15) is 47.1 Å². The topological polar surface area (TPSA) is 119 Å². The van der Waals surface area contributed by atoms with Gasteiger partial charge in [-0.15, -0.1) is 0 Å². The summed E-state index contributed by atoms with van der Waals surface area (Å²) in [5.41, 5.74) is 11.7. The van der Waals surface area contributed by atoms with Gasteiger partial charge in [0.2, 0.25) is 5.91 Å².